The summed E-state index contributed by atoms with van der Waals surface area (Å²) in [5.41, 5.74) is 8.17. The number of hydrogen-bond donors (Lipinski definition) is 1. The van der Waals surface area contributed by atoms with E-state index in [0.29, 0.717) is 23.9 Å². The number of ether oxygens (including phenoxy) is 2. The quantitative estimate of drug-likeness (QED) is 0.920. The summed E-state index contributed by atoms with van der Waals surface area (Å²) in [4.78, 5) is 4.41. The largest absolute Gasteiger partial charge is 0.497 e. The Labute approximate surface area is 123 Å². The van der Waals surface area contributed by atoms with Crippen LogP contribution in [0.25, 0.3) is 0 Å². The van der Waals surface area contributed by atoms with Crippen LogP contribution in [0.5, 0.6) is 11.5 Å². The zero-order valence-corrected chi connectivity index (χ0v) is 12.3. The van der Waals surface area contributed by atoms with Crippen molar-refractivity contribution in [2.75, 3.05) is 7.11 Å². The van der Waals surface area contributed by atoms with Crippen molar-refractivity contribution in [1.82, 2.24) is 4.98 Å². The maximum absolute atomic E-state index is 6.09. The maximum Gasteiger partial charge on any atom is 0.130 e. The maximum atomic E-state index is 6.09. The molecule has 0 amide bonds. The van der Waals surface area contributed by atoms with Crippen LogP contribution in [0.3, 0.4) is 0 Å². The van der Waals surface area contributed by atoms with Crippen LogP contribution in [0, 0.1) is 6.92 Å². The Bertz CT molecular complexity index is 602. The standard InChI is InChI=1S/C15H17ClN2O2/c1-10-6-12(19-2)7-11(18-10)9-20-15-5-3-4-14(16)13(15)8-17/h3-7H,8-9,17H2,1-2H3. The van der Waals surface area contributed by atoms with Crippen LogP contribution in [-0.2, 0) is 13.2 Å². The molecule has 0 aliphatic rings. The number of nitrogens with zero attached hydrogens (tertiary/aromatic N) is 1. The van der Waals surface area contributed by atoms with Crippen molar-refractivity contribution >= 4 is 11.6 Å². The molecular weight excluding hydrogens is 276 g/mol. The van der Waals surface area contributed by atoms with E-state index in [1.54, 1.807) is 13.2 Å². The zero-order chi connectivity index (χ0) is 14.5. The molecular formula is C15H17ClN2O2. The average molecular weight is 293 g/mol. The van der Waals surface area contributed by atoms with E-state index in [4.69, 9.17) is 26.8 Å². The van der Waals surface area contributed by atoms with Gasteiger partial charge in [-0.05, 0) is 19.1 Å². The van der Waals surface area contributed by atoms with E-state index >= 15 is 0 Å². The number of halogens is 1. The minimum absolute atomic E-state index is 0.333. The molecule has 0 saturated heterocycles. The highest BCUT2D eigenvalue weighted by molar-refractivity contribution is 6.31. The van der Waals surface area contributed by atoms with Crippen LogP contribution in [0.2, 0.25) is 5.02 Å². The molecule has 1 aromatic heterocycles. The molecule has 106 valence electrons. The third kappa shape index (κ3) is 3.40. The first kappa shape index (κ1) is 14.6. The predicted molar refractivity (Wildman–Crippen MR) is 79.2 cm³/mol. The number of aromatic nitrogens is 1. The fourth-order valence-corrected chi connectivity index (χ4v) is 2.16. The van der Waals surface area contributed by atoms with Gasteiger partial charge in [-0.25, -0.2) is 0 Å². The number of pyridine rings is 1. The van der Waals surface area contributed by atoms with Gasteiger partial charge in [-0.3, -0.25) is 4.98 Å². The second-order valence-corrected chi connectivity index (χ2v) is 4.76. The van der Waals surface area contributed by atoms with Crippen LogP contribution >= 0.6 is 11.6 Å². The molecule has 0 fully saturated rings. The molecule has 2 aromatic rings. The normalized spacial score (nSPS) is 10.4. The van der Waals surface area contributed by atoms with Crippen LogP contribution in [0.15, 0.2) is 30.3 Å². The highest BCUT2D eigenvalue weighted by Crippen LogP contribution is 2.26. The van der Waals surface area contributed by atoms with Gasteiger partial charge in [-0.2, -0.15) is 0 Å². The molecule has 0 atom stereocenters. The molecule has 1 aromatic carbocycles. The number of methoxy groups -OCH3 is 1. The lowest BCUT2D eigenvalue weighted by Gasteiger charge is -2.12. The van der Waals surface area contributed by atoms with Crippen LogP contribution < -0.4 is 15.2 Å². The number of nitrogens with two attached hydrogens (primary N) is 1. The van der Waals surface area contributed by atoms with E-state index in [9.17, 15) is 0 Å². The Kier molecular flexibility index (Phi) is 4.82. The van der Waals surface area contributed by atoms with Crippen molar-refractivity contribution in [2.45, 2.75) is 20.1 Å². The van der Waals surface area contributed by atoms with E-state index < -0.39 is 0 Å². The van der Waals surface area contributed by atoms with Gasteiger partial charge in [-0.1, -0.05) is 17.7 Å². The third-order valence-corrected chi connectivity index (χ3v) is 3.23. The van der Waals surface area contributed by atoms with E-state index in [-0.39, 0.29) is 0 Å². The highest BCUT2D eigenvalue weighted by atomic mass is 35.5. The van der Waals surface area contributed by atoms with Gasteiger partial charge in [0, 0.05) is 35.0 Å². The monoisotopic (exact) mass is 292 g/mol. The summed E-state index contributed by atoms with van der Waals surface area (Å²) in [6.07, 6.45) is 0. The molecule has 2 N–H and O–H groups in total. The molecule has 0 aliphatic carbocycles. The fraction of sp³-hybridized carbons (Fsp3) is 0.267. The minimum atomic E-state index is 0.333. The molecule has 2 rings (SSSR count). The Morgan fingerprint density at radius 2 is 2.10 bits per heavy atom. The van der Waals surface area contributed by atoms with Gasteiger partial charge in [0.25, 0.3) is 0 Å². The molecule has 5 heteroatoms. The van der Waals surface area contributed by atoms with E-state index in [1.807, 2.05) is 31.2 Å². The second-order valence-electron chi connectivity index (χ2n) is 4.35. The number of aryl methyl sites for hydroxylation is 1. The average Bonchev–Trinajstić information content (AvgIpc) is 2.44. The summed E-state index contributed by atoms with van der Waals surface area (Å²) < 4.78 is 11.0. The molecule has 0 saturated carbocycles. The molecule has 0 spiro atoms. The van der Waals surface area contributed by atoms with Crippen molar-refractivity contribution in [3.05, 3.63) is 52.3 Å². The van der Waals surface area contributed by atoms with Gasteiger partial charge in [0.2, 0.25) is 0 Å². The summed E-state index contributed by atoms with van der Waals surface area (Å²) in [5.74, 6) is 1.45. The van der Waals surface area contributed by atoms with Crippen molar-refractivity contribution in [2.24, 2.45) is 5.73 Å². The van der Waals surface area contributed by atoms with Crippen LogP contribution in [0.4, 0.5) is 0 Å². The molecule has 0 unspecified atom stereocenters. The Morgan fingerprint density at radius 1 is 1.30 bits per heavy atom. The summed E-state index contributed by atoms with van der Waals surface area (Å²) in [6.45, 7) is 2.58. The van der Waals surface area contributed by atoms with Crippen LogP contribution in [0.1, 0.15) is 17.0 Å². The topological polar surface area (TPSA) is 57.4 Å². The van der Waals surface area contributed by atoms with Gasteiger partial charge in [0.1, 0.15) is 18.1 Å². The molecule has 4 nitrogen and oxygen atoms in total. The van der Waals surface area contributed by atoms with Gasteiger partial charge in [0.15, 0.2) is 0 Å². The SMILES string of the molecule is COc1cc(C)nc(COc2cccc(Cl)c2CN)c1. The lowest BCUT2D eigenvalue weighted by Crippen LogP contribution is -2.05. The zero-order valence-electron chi connectivity index (χ0n) is 11.5. The van der Waals surface area contributed by atoms with Crippen molar-refractivity contribution in [3.8, 4) is 11.5 Å². The number of benzene rings is 1. The van der Waals surface area contributed by atoms with E-state index in [2.05, 4.69) is 4.98 Å². The summed E-state index contributed by atoms with van der Waals surface area (Å²) in [7, 11) is 1.63. The summed E-state index contributed by atoms with van der Waals surface area (Å²) in [5, 5.41) is 0.611. The fourth-order valence-electron chi connectivity index (χ4n) is 1.92. The van der Waals surface area contributed by atoms with Crippen LogP contribution in [-0.4, -0.2) is 12.1 Å². The number of hydrogen-bond acceptors (Lipinski definition) is 4. The Hall–Kier alpha value is -1.78. The highest BCUT2D eigenvalue weighted by Gasteiger charge is 2.08. The summed E-state index contributed by atoms with van der Waals surface area (Å²) >= 11 is 6.09. The smallest absolute Gasteiger partial charge is 0.130 e. The number of rotatable bonds is 5. The predicted octanol–water partition coefficient (Wildman–Crippen LogP) is 3.09. The Morgan fingerprint density at radius 3 is 2.80 bits per heavy atom. The minimum Gasteiger partial charge on any atom is -0.497 e. The van der Waals surface area contributed by atoms with Crippen molar-refractivity contribution in [3.63, 3.8) is 0 Å². The molecule has 20 heavy (non-hydrogen) atoms. The lowest BCUT2D eigenvalue weighted by molar-refractivity contribution is 0.297. The molecule has 1 heterocycles. The third-order valence-electron chi connectivity index (χ3n) is 2.87. The lowest BCUT2D eigenvalue weighted by atomic mass is 10.2. The molecule has 0 bridgehead atoms. The van der Waals surface area contributed by atoms with E-state index in [0.717, 1.165) is 22.7 Å². The molecule has 0 aliphatic heterocycles. The second kappa shape index (κ2) is 6.59. The van der Waals surface area contributed by atoms with E-state index in [1.165, 1.54) is 0 Å². The first-order valence-corrected chi connectivity index (χ1v) is 6.63. The van der Waals surface area contributed by atoms with Gasteiger partial charge in [0.05, 0.1) is 12.8 Å². The molecule has 0 radical (unpaired) electrons. The van der Waals surface area contributed by atoms with Crippen molar-refractivity contribution < 1.29 is 9.47 Å². The Balaban J connectivity index is 2.17. The van der Waals surface area contributed by atoms with Gasteiger partial charge in [-0.15, -0.1) is 0 Å². The van der Waals surface area contributed by atoms with Gasteiger partial charge >= 0.3 is 0 Å². The summed E-state index contributed by atoms with van der Waals surface area (Å²) in [6, 6.07) is 9.20. The van der Waals surface area contributed by atoms with Crippen molar-refractivity contribution in [1.29, 1.82) is 0 Å². The first-order chi connectivity index (χ1) is 9.63. The first-order valence-electron chi connectivity index (χ1n) is 6.26. The van der Waals surface area contributed by atoms with Gasteiger partial charge < -0.3 is 15.2 Å².